The number of hydrogen-bond donors (Lipinski definition) is 2. The highest BCUT2D eigenvalue weighted by atomic mass is 16.1. The van der Waals surface area contributed by atoms with E-state index in [-0.39, 0.29) is 11.9 Å². The van der Waals surface area contributed by atoms with Crippen LogP contribution in [0, 0.1) is 0 Å². The van der Waals surface area contributed by atoms with Crippen molar-refractivity contribution < 1.29 is 4.79 Å². The smallest absolute Gasteiger partial charge is 0.251 e. The van der Waals surface area contributed by atoms with Crippen molar-refractivity contribution >= 4 is 16.9 Å². The Bertz CT molecular complexity index is 849. The van der Waals surface area contributed by atoms with Gasteiger partial charge in [0.25, 0.3) is 5.91 Å². The molecule has 5 nitrogen and oxygen atoms in total. The van der Waals surface area contributed by atoms with Crippen LogP contribution in [0.25, 0.3) is 22.4 Å². The van der Waals surface area contributed by atoms with Gasteiger partial charge < -0.3 is 15.6 Å². The quantitative estimate of drug-likeness (QED) is 0.758. The average Bonchev–Trinajstić information content (AvgIpc) is 2.98. The number of aromatic nitrogens is 2. The van der Waals surface area contributed by atoms with E-state index in [1.807, 2.05) is 49.4 Å². The zero-order valence-corrected chi connectivity index (χ0v) is 14.0. The van der Waals surface area contributed by atoms with Crippen molar-refractivity contribution in [3.8, 4) is 11.4 Å². The molecule has 0 aliphatic carbocycles. The minimum Gasteiger partial charge on any atom is -0.355 e. The van der Waals surface area contributed by atoms with Gasteiger partial charge in [0.2, 0.25) is 0 Å². The molecule has 124 valence electrons. The molecule has 3 rings (SSSR count). The number of nitrogens with one attached hydrogen (secondary N) is 1. The van der Waals surface area contributed by atoms with Crippen LogP contribution in [0.4, 0.5) is 0 Å². The molecule has 0 unspecified atom stereocenters. The lowest BCUT2D eigenvalue weighted by molar-refractivity contribution is 0.0963. The number of nitrogens with two attached hydrogens (primary N) is 1. The fourth-order valence-corrected chi connectivity index (χ4v) is 2.77. The number of carbonyl (C=O) groups is 1. The number of benzene rings is 2. The first-order valence-electron chi connectivity index (χ1n) is 8.13. The maximum atomic E-state index is 11.7. The minimum absolute atomic E-state index is 0.0907. The predicted octanol–water partition coefficient (Wildman–Crippen LogP) is 2.80. The number of para-hydroxylation sites is 2. The Morgan fingerprint density at radius 2 is 1.92 bits per heavy atom. The highest BCUT2D eigenvalue weighted by Gasteiger charge is 2.13. The van der Waals surface area contributed by atoms with Gasteiger partial charge in [0.15, 0.2) is 0 Å². The maximum absolute atomic E-state index is 11.7. The Kier molecular flexibility index (Phi) is 4.62. The first-order chi connectivity index (χ1) is 11.6. The second kappa shape index (κ2) is 6.84. The molecule has 1 aromatic heterocycles. The van der Waals surface area contributed by atoms with Gasteiger partial charge in [0.1, 0.15) is 5.82 Å². The number of aryl methyl sites for hydroxylation is 1. The van der Waals surface area contributed by atoms with Crippen LogP contribution < -0.4 is 11.1 Å². The number of fused-ring (bicyclic) bond motifs is 1. The molecular weight excluding hydrogens is 300 g/mol. The van der Waals surface area contributed by atoms with Crippen molar-refractivity contribution in [2.45, 2.75) is 25.9 Å². The zero-order chi connectivity index (χ0) is 17.1. The largest absolute Gasteiger partial charge is 0.355 e. The van der Waals surface area contributed by atoms with E-state index in [0.717, 1.165) is 35.4 Å². The predicted molar refractivity (Wildman–Crippen MR) is 96.8 cm³/mol. The van der Waals surface area contributed by atoms with Crippen LogP contribution in [0.5, 0.6) is 0 Å². The van der Waals surface area contributed by atoms with E-state index in [4.69, 9.17) is 10.7 Å². The number of amides is 1. The maximum Gasteiger partial charge on any atom is 0.251 e. The van der Waals surface area contributed by atoms with Crippen molar-refractivity contribution in [3.63, 3.8) is 0 Å². The highest BCUT2D eigenvalue weighted by molar-refractivity contribution is 5.94. The van der Waals surface area contributed by atoms with Crippen molar-refractivity contribution in [3.05, 3.63) is 54.1 Å². The number of imidazole rings is 1. The van der Waals surface area contributed by atoms with Crippen molar-refractivity contribution in [1.29, 1.82) is 0 Å². The third-order valence-electron chi connectivity index (χ3n) is 4.09. The third kappa shape index (κ3) is 3.16. The van der Waals surface area contributed by atoms with Crippen LogP contribution in [0.3, 0.4) is 0 Å². The summed E-state index contributed by atoms with van der Waals surface area (Å²) in [5.74, 6) is 0.812. The fraction of sp³-hybridized carbons (Fsp3) is 0.263. The van der Waals surface area contributed by atoms with E-state index >= 15 is 0 Å². The molecular formula is C19H22N4O. The molecule has 0 aliphatic rings. The summed E-state index contributed by atoms with van der Waals surface area (Å²) in [7, 11) is 1.63. The normalized spacial score (nSPS) is 12.3. The second-order valence-electron chi connectivity index (χ2n) is 6.00. The Labute approximate surface area is 141 Å². The Hall–Kier alpha value is -2.66. The lowest BCUT2D eigenvalue weighted by Gasteiger charge is -2.11. The average molecular weight is 322 g/mol. The summed E-state index contributed by atoms with van der Waals surface area (Å²) in [6, 6.07) is 15.8. The van der Waals surface area contributed by atoms with Crippen LogP contribution in [0.15, 0.2) is 48.5 Å². The molecule has 0 aliphatic heterocycles. The van der Waals surface area contributed by atoms with Crippen LogP contribution >= 0.6 is 0 Å². The molecule has 3 aromatic rings. The summed E-state index contributed by atoms with van der Waals surface area (Å²) in [5.41, 5.74) is 9.63. The Balaban J connectivity index is 2.04. The summed E-state index contributed by atoms with van der Waals surface area (Å²) in [6.07, 6.45) is 0.879. The highest BCUT2D eigenvalue weighted by Crippen LogP contribution is 2.25. The fourth-order valence-electron chi connectivity index (χ4n) is 2.77. The Morgan fingerprint density at radius 1 is 1.21 bits per heavy atom. The van der Waals surface area contributed by atoms with Gasteiger partial charge in [0, 0.05) is 30.8 Å². The van der Waals surface area contributed by atoms with Crippen molar-refractivity contribution in [2.24, 2.45) is 5.73 Å². The lowest BCUT2D eigenvalue weighted by Crippen LogP contribution is -2.18. The molecule has 24 heavy (non-hydrogen) atoms. The molecule has 1 heterocycles. The van der Waals surface area contributed by atoms with Gasteiger partial charge in [-0.15, -0.1) is 0 Å². The molecule has 3 N–H and O–H groups in total. The molecule has 0 bridgehead atoms. The summed E-state index contributed by atoms with van der Waals surface area (Å²) in [5, 5.41) is 2.63. The van der Waals surface area contributed by atoms with E-state index in [1.54, 1.807) is 7.05 Å². The van der Waals surface area contributed by atoms with Gasteiger partial charge in [-0.25, -0.2) is 4.98 Å². The summed E-state index contributed by atoms with van der Waals surface area (Å²) >= 11 is 0. The van der Waals surface area contributed by atoms with Gasteiger partial charge >= 0.3 is 0 Å². The standard InChI is InChI=1S/C19H22N4O/c1-13(20)11-12-23-17-6-4-3-5-16(17)22-18(23)14-7-9-15(10-8-14)19(24)21-2/h3-10,13H,11-12,20H2,1-2H3,(H,21,24)/t13-/m0/s1. The first kappa shape index (κ1) is 16.2. The number of carbonyl (C=O) groups excluding carboxylic acids is 1. The third-order valence-corrected chi connectivity index (χ3v) is 4.09. The summed E-state index contributed by atoms with van der Waals surface area (Å²) in [4.78, 5) is 16.5. The van der Waals surface area contributed by atoms with Gasteiger partial charge in [0.05, 0.1) is 11.0 Å². The van der Waals surface area contributed by atoms with Gasteiger partial charge in [-0.1, -0.05) is 24.3 Å². The number of rotatable bonds is 5. The van der Waals surface area contributed by atoms with Crippen LogP contribution in [-0.4, -0.2) is 28.5 Å². The van der Waals surface area contributed by atoms with Crippen LogP contribution in [0.1, 0.15) is 23.7 Å². The molecule has 0 spiro atoms. The molecule has 0 fully saturated rings. The van der Waals surface area contributed by atoms with E-state index in [2.05, 4.69) is 16.0 Å². The Morgan fingerprint density at radius 3 is 2.58 bits per heavy atom. The molecule has 5 heteroatoms. The van der Waals surface area contributed by atoms with E-state index in [0.29, 0.717) is 5.56 Å². The number of nitrogens with zero attached hydrogens (tertiary/aromatic N) is 2. The molecule has 2 aromatic carbocycles. The van der Waals surface area contributed by atoms with Crippen LogP contribution in [-0.2, 0) is 6.54 Å². The molecule has 0 radical (unpaired) electrons. The van der Waals surface area contributed by atoms with Gasteiger partial charge in [-0.2, -0.15) is 0 Å². The number of hydrogen-bond acceptors (Lipinski definition) is 3. The SMILES string of the molecule is CNC(=O)c1ccc(-c2nc3ccccc3n2CC[C@H](C)N)cc1. The second-order valence-corrected chi connectivity index (χ2v) is 6.00. The monoisotopic (exact) mass is 322 g/mol. The molecule has 1 atom stereocenters. The summed E-state index contributed by atoms with van der Waals surface area (Å²) in [6.45, 7) is 2.82. The molecule has 0 saturated carbocycles. The topological polar surface area (TPSA) is 72.9 Å². The first-order valence-corrected chi connectivity index (χ1v) is 8.13. The van der Waals surface area contributed by atoms with E-state index in [1.165, 1.54) is 0 Å². The molecule has 0 saturated heterocycles. The van der Waals surface area contributed by atoms with Crippen molar-refractivity contribution in [1.82, 2.24) is 14.9 Å². The zero-order valence-electron chi connectivity index (χ0n) is 14.0. The van der Waals surface area contributed by atoms with Gasteiger partial charge in [-0.05, 0) is 37.6 Å². The summed E-state index contributed by atoms with van der Waals surface area (Å²) < 4.78 is 2.20. The van der Waals surface area contributed by atoms with Crippen LogP contribution in [0.2, 0.25) is 0 Å². The van der Waals surface area contributed by atoms with E-state index in [9.17, 15) is 4.79 Å². The van der Waals surface area contributed by atoms with E-state index < -0.39 is 0 Å². The minimum atomic E-state index is -0.0907. The molecule has 1 amide bonds. The van der Waals surface area contributed by atoms with Gasteiger partial charge in [-0.3, -0.25) is 4.79 Å². The lowest BCUT2D eigenvalue weighted by atomic mass is 10.1. The van der Waals surface area contributed by atoms with Crippen molar-refractivity contribution in [2.75, 3.05) is 7.05 Å².